The highest BCUT2D eigenvalue weighted by atomic mass is 32.2. The van der Waals surface area contributed by atoms with Gasteiger partial charge in [-0.2, -0.15) is 0 Å². The summed E-state index contributed by atoms with van der Waals surface area (Å²) in [5, 5.41) is 16.9. The van der Waals surface area contributed by atoms with Gasteiger partial charge < -0.3 is 15.4 Å². The fourth-order valence-corrected chi connectivity index (χ4v) is 3.71. The molecule has 0 saturated heterocycles. The van der Waals surface area contributed by atoms with Crippen LogP contribution in [0.3, 0.4) is 0 Å². The molecule has 0 aromatic heterocycles. The van der Waals surface area contributed by atoms with Gasteiger partial charge in [-0.1, -0.05) is 18.2 Å². The Bertz CT molecular complexity index is 1040. The number of nitrogens with one attached hydrogen (secondary N) is 3. The van der Waals surface area contributed by atoms with E-state index in [1.807, 2.05) is 0 Å². The van der Waals surface area contributed by atoms with E-state index in [4.69, 9.17) is 4.74 Å². The predicted octanol–water partition coefficient (Wildman–Crippen LogP) is 2.51. The Balaban J connectivity index is 2.08. The topological polar surface area (TPSA) is 140 Å². The molecule has 0 heterocycles. The lowest BCUT2D eigenvalue weighted by Gasteiger charge is -2.10. The maximum Gasteiger partial charge on any atom is 0.293 e. The van der Waals surface area contributed by atoms with Crippen molar-refractivity contribution in [2.24, 2.45) is 0 Å². The average molecular weight is 449 g/mol. The molecule has 0 aliphatic carbocycles. The molecular formula is C20H24N4O6S. The molecule has 0 aliphatic heterocycles. The number of sulfonamides is 1. The van der Waals surface area contributed by atoms with Crippen LogP contribution >= 0.6 is 0 Å². The molecule has 31 heavy (non-hydrogen) atoms. The Hall–Kier alpha value is -3.28. The van der Waals surface area contributed by atoms with Crippen LogP contribution < -0.4 is 15.4 Å². The fraction of sp³-hybridized carbons (Fsp3) is 0.250. The van der Waals surface area contributed by atoms with Gasteiger partial charge in [-0.15, -0.1) is 6.58 Å². The number of amides is 1. The van der Waals surface area contributed by atoms with E-state index in [0.717, 1.165) is 0 Å². The van der Waals surface area contributed by atoms with Gasteiger partial charge in [0.1, 0.15) is 5.69 Å². The maximum atomic E-state index is 12.5. The summed E-state index contributed by atoms with van der Waals surface area (Å²) in [6.07, 6.45) is 1.45. The molecule has 0 fully saturated rings. The molecule has 166 valence electrons. The molecule has 2 aromatic rings. The molecule has 0 spiro atoms. The van der Waals surface area contributed by atoms with E-state index in [9.17, 15) is 23.3 Å². The first-order chi connectivity index (χ1) is 14.8. The molecule has 0 bridgehead atoms. The first kappa shape index (κ1) is 24.0. The third-order valence-electron chi connectivity index (χ3n) is 4.09. The van der Waals surface area contributed by atoms with Gasteiger partial charge in [-0.25, -0.2) is 13.1 Å². The second kappa shape index (κ2) is 11.2. The minimum absolute atomic E-state index is 0.115. The van der Waals surface area contributed by atoms with Gasteiger partial charge in [-0.3, -0.25) is 14.9 Å². The van der Waals surface area contributed by atoms with Gasteiger partial charge >= 0.3 is 0 Å². The number of nitro benzene ring substituents is 1. The number of anilines is 2. The van der Waals surface area contributed by atoms with E-state index in [1.165, 1.54) is 31.4 Å². The van der Waals surface area contributed by atoms with Crippen LogP contribution in [0.4, 0.5) is 17.1 Å². The van der Waals surface area contributed by atoms with Crippen molar-refractivity contribution in [3.63, 3.8) is 0 Å². The molecule has 0 aliphatic rings. The molecular weight excluding hydrogens is 424 g/mol. The van der Waals surface area contributed by atoms with Crippen LogP contribution in [-0.2, 0) is 20.5 Å². The molecule has 0 saturated carbocycles. The fourth-order valence-electron chi connectivity index (χ4n) is 2.61. The Morgan fingerprint density at radius 2 is 1.94 bits per heavy atom. The molecule has 3 N–H and O–H groups in total. The summed E-state index contributed by atoms with van der Waals surface area (Å²) in [7, 11) is -1.96. The van der Waals surface area contributed by atoms with Crippen molar-refractivity contribution in [2.45, 2.75) is 5.75 Å². The lowest BCUT2D eigenvalue weighted by Crippen LogP contribution is -2.25. The van der Waals surface area contributed by atoms with Gasteiger partial charge in [0.15, 0.2) is 0 Å². The van der Waals surface area contributed by atoms with Crippen LogP contribution in [-0.4, -0.2) is 46.1 Å². The number of nitrogens with zero attached hydrogens (tertiary/aromatic N) is 1. The SMILES string of the molecule is C=CCNS(=O)(=O)Cc1ccc(NC(=O)c2ccc(NCCOC)c([N+](=O)[O-])c2)cc1. The largest absolute Gasteiger partial charge is 0.383 e. The quantitative estimate of drug-likeness (QED) is 0.196. The highest BCUT2D eigenvalue weighted by Crippen LogP contribution is 2.26. The summed E-state index contributed by atoms with van der Waals surface area (Å²) in [6, 6.07) is 10.4. The highest BCUT2D eigenvalue weighted by Gasteiger charge is 2.18. The Morgan fingerprint density at radius 1 is 1.23 bits per heavy atom. The molecule has 2 rings (SSSR count). The van der Waals surface area contributed by atoms with Crippen molar-refractivity contribution in [1.29, 1.82) is 0 Å². The molecule has 1 amide bonds. The number of carbonyl (C=O) groups excluding carboxylic acids is 1. The summed E-state index contributed by atoms with van der Waals surface area (Å²) >= 11 is 0. The number of benzene rings is 2. The average Bonchev–Trinajstić information content (AvgIpc) is 2.73. The van der Waals surface area contributed by atoms with Crippen LogP contribution in [0, 0.1) is 10.1 Å². The predicted molar refractivity (Wildman–Crippen MR) is 119 cm³/mol. The third kappa shape index (κ3) is 7.48. The number of ether oxygens (including phenoxy) is 1. The van der Waals surface area contributed by atoms with Gasteiger partial charge in [0.2, 0.25) is 10.0 Å². The minimum atomic E-state index is -3.49. The third-order valence-corrected chi connectivity index (χ3v) is 5.41. The summed E-state index contributed by atoms with van der Waals surface area (Å²) in [5.74, 6) is -0.738. The van der Waals surface area contributed by atoms with Gasteiger partial charge in [0.05, 0.1) is 17.3 Å². The molecule has 2 aromatic carbocycles. The van der Waals surface area contributed by atoms with Gasteiger partial charge in [-0.05, 0) is 29.8 Å². The van der Waals surface area contributed by atoms with Crippen molar-refractivity contribution < 1.29 is 22.9 Å². The summed E-state index contributed by atoms with van der Waals surface area (Å²) in [6.45, 7) is 4.36. The first-order valence-electron chi connectivity index (χ1n) is 9.25. The van der Waals surface area contributed by atoms with E-state index >= 15 is 0 Å². The lowest BCUT2D eigenvalue weighted by molar-refractivity contribution is -0.384. The Kier molecular flexibility index (Phi) is 8.67. The zero-order valence-corrected chi connectivity index (χ0v) is 17.8. The van der Waals surface area contributed by atoms with Gasteiger partial charge in [0, 0.05) is 37.5 Å². The van der Waals surface area contributed by atoms with Gasteiger partial charge in [0.25, 0.3) is 11.6 Å². The monoisotopic (exact) mass is 448 g/mol. The number of carbonyl (C=O) groups is 1. The van der Waals surface area contributed by atoms with Crippen LogP contribution in [0.5, 0.6) is 0 Å². The lowest BCUT2D eigenvalue weighted by atomic mass is 10.1. The van der Waals surface area contributed by atoms with E-state index in [-0.39, 0.29) is 29.2 Å². The van der Waals surface area contributed by atoms with Crippen molar-refractivity contribution >= 4 is 33.0 Å². The normalized spacial score (nSPS) is 11.0. The van der Waals surface area contributed by atoms with E-state index in [2.05, 4.69) is 21.9 Å². The van der Waals surface area contributed by atoms with Crippen molar-refractivity contribution in [3.05, 3.63) is 76.4 Å². The van der Waals surface area contributed by atoms with E-state index in [0.29, 0.717) is 24.4 Å². The number of nitro groups is 1. The number of rotatable bonds is 12. The summed E-state index contributed by atoms with van der Waals surface area (Å²) in [4.78, 5) is 23.3. The molecule has 0 radical (unpaired) electrons. The second-order valence-electron chi connectivity index (χ2n) is 6.46. The Labute approximate surface area is 180 Å². The number of methoxy groups -OCH3 is 1. The smallest absolute Gasteiger partial charge is 0.293 e. The zero-order chi connectivity index (χ0) is 22.9. The molecule has 0 atom stereocenters. The molecule has 11 heteroatoms. The second-order valence-corrected chi connectivity index (χ2v) is 8.26. The van der Waals surface area contributed by atoms with Crippen LogP contribution in [0.2, 0.25) is 0 Å². The van der Waals surface area contributed by atoms with Crippen molar-refractivity contribution in [1.82, 2.24) is 4.72 Å². The number of hydrogen-bond donors (Lipinski definition) is 3. The number of hydrogen-bond acceptors (Lipinski definition) is 7. The van der Waals surface area contributed by atoms with Crippen LogP contribution in [0.1, 0.15) is 15.9 Å². The standard InChI is InChI=1S/C20H24N4O6S/c1-3-10-22-31(28,29)14-15-4-7-17(8-5-15)23-20(25)16-6-9-18(21-11-12-30-2)19(13-16)24(26)27/h3-9,13,21-22H,1,10-12,14H2,2H3,(H,23,25). The summed E-state index contributed by atoms with van der Waals surface area (Å²) < 4.78 is 31.1. The van der Waals surface area contributed by atoms with Crippen molar-refractivity contribution in [3.8, 4) is 0 Å². The Morgan fingerprint density at radius 3 is 2.55 bits per heavy atom. The van der Waals surface area contributed by atoms with Crippen molar-refractivity contribution in [2.75, 3.05) is 37.4 Å². The minimum Gasteiger partial charge on any atom is -0.383 e. The molecule has 0 unspecified atom stereocenters. The van der Waals surface area contributed by atoms with E-state index in [1.54, 1.807) is 24.3 Å². The zero-order valence-electron chi connectivity index (χ0n) is 17.0. The maximum absolute atomic E-state index is 12.5. The molecule has 10 nitrogen and oxygen atoms in total. The van der Waals surface area contributed by atoms with E-state index < -0.39 is 20.9 Å². The first-order valence-corrected chi connectivity index (χ1v) is 10.9. The highest BCUT2D eigenvalue weighted by molar-refractivity contribution is 7.88. The van der Waals surface area contributed by atoms with Crippen LogP contribution in [0.25, 0.3) is 0 Å². The summed E-state index contributed by atoms with van der Waals surface area (Å²) in [5.41, 5.74) is 1.14. The van der Waals surface area contributed by atoms with Crippen LogP contribution in [0.15, 0.2) is 55.1 Å².